The number of carbonyl (C=O) groups excluding carboxylic acids is 1. The first-order valence-corrected chi connectivity index (χ1v) is 5.57. The van der Waals surface area contributed by atoms with Gasteiger partial charge in [-0.3, -0.25) is 4.79 Å². The van der Waals surface area contributed by atoms with E-state index in [0.29, 0.717) is 6.42 Å². The summed E-state index contributed by atoms with van der Waals surface area (Å²) >= 11 is 0. The molecule has 0 aromatic heterocycles. The number of hydrogen-bond acceptors (Lipinski definition) is 3. The van der Waals surface area contributed by atoms with Crippen LogP contribution in [0.5, 0.6) is 0 Å². The lowest BCUT2D eigenvalue weighted by Gasteiger charge is -2.26. The summed E-state index contributed by atoms with van der Waals surface area (Å²) in [5.74, 6) is -0.143. The highest BCUT2D eigenvalue weighted by atomic mass is 16.5. The molecule has 1 aromatic carbocycles. The fourth-order valence-electron chi connectivity index (χ4n) is 1.89. The normalized spacial score (nSPS) is 15.6. The molecule has 0 aliphatic carbocycles. The van der Waals surface area contributed by atoms with Crippen LogP contribution in [0.4, 0.5) is 0 Å². The third-order valence-electron chi connectivity index (χ3n) is 3.05. The summed E-state index contributed by atoms with van der Waals surface area (Å²) in [6, 6.07) is 11.3. The fraction of sp³-hybridized carbons (Fsp3) is 0.429. The molecule has 0 fully saturated rings. The van der Waals surface area contributed by atoms with Crippen molar-refractivity contribution in [2.75, 3.05) is 7.11 Å². The number of rotatable bonds is 5. The first-order chi connectivity index (χ1) is 8.06. The molecule has 0 N–H and O–H groups in total. The summed E-state index contributed by atoms with van der Waals surface area (Å²) < 4.78 is 5.18. The molecule has 0 spiro atoms. The molecule has 1 rings (SSSR count). The Labute approximate surface area is 102 Å². The SMILES string of the molecule is COC(C)CC(C#N)(C(C)=O)c1ccccc1. The van der Waals surface area contributed by atoms with Crippen LogP contribution in [0.25, 0.3) is 0 Å². The Balaban J connectivity index is 3.20. The second-order valence-electron chi connectivity index (χ2n) is 4.19. The number of methoxy groups -OCH3 is 1. The standard InChI is InChI=1S/C14H17NO2/c1-11(17-3)9-14(10-15,12(2)16)13-7-5-4-6-8-13/h4-8,11H,9H2,1-3H3. The van der Waals surface area contributed by atoms with Crippen LogP contribution in [0.1, 0.15) is 25.8 Å². The lowest BCUT2D eigenvalue weighted by Crippen LogP contribution is -2.36. The second kappa shape index (κ2) is 5.60. The number of benzene rings is 1. The molecule has 0 radical (unpaired) electrons. The molecule has 17 heavy (non-hydrogen) atoms. The molecule has 0 aliphatic heterocycles. The van der Waals surface area contributed by atoms with Gasteiger partial charge in [0.1, 0.15) is 5.41 Å². The zero-order valence-electron chi connectivity index (χ0n) is 10.4. The maximum atomic E-state index is 11.9. The van der Waals surface area contributed by atoms with Crippen LogP contribution in [-0.4, -0.2) is 19.0 Å². The Morgan fingerprint density at radius 3 is 2.47 bits per heavy atom. The zero-order chi connectivity index (χ0) is 12.9. The molecule has 1 aromatic rings. The minimum absolute atomic E-state index is 0.140. The number of nitrogens with zero attached hydrogens (tertiary/aromatic N) is 1. The molecule has 2 unspecified atom stereocenters. The number of ether oxygens (including phenoxy) is 1. The molecule has 2 atom stereocenters. The van der Waals surface area contributed by atoms with Gasteiger partial charge in [-0.15, -0.1) is 0 Å². The van der Waals surface area contributed by atoms with Gasteiger partial charge < -0.3 is 4.74 Å². The second-order valence-corrected chi connectivity index (χ2v) is 4.19. The van der Waals surface area contributed by atoms with E-state index < -0.39 is 5.41 Å². The van der Waals surface area contributed by atoms with E-state index in [1.54, 1.807) is 7.11 Å². The summed E-state index contributed by atoms with van der Waals surface area (Å²) in [7, 11) is 1.58. The Morgan fingerprint density at radius 2 is 2.06 bits per heavy atom. The van der Waals surface area contributed by atoms with Gasteiger partial charge in [0.25, 0.3) is 0 Å². The topological polar surface area (TPSA) is 50.1 Å². The van der Waals surface area contributed by atoms with Gasteiger partial charge >= 0.3 is 0 Å². The van der Waals surface area contributed by atoms with Gasteiger partial charge in [-0.1, -0.05) is 30.3 Å². The van der Waals surface area contributed by atoms with E-state index in [-0.39, 0.29) is 11.9 Å². The average molecular weight is 231 g/mol. The number of carbonyl (C=O) groups is 1. The van der Waals surface area contributed by atoms with E-state index in [1.807, 2.05) is 37.3 Å². The van der Waals surface area contributed by atoms with Crippen LogP contribution in [0.3, 0.4) is 0 Å². The number of ketones is 1. The number of hydrogen-bond donors (Lipinski definition) is 0. The summed E-state index contributed by atoms with van der Waals surface area (Å²) in [5, 5.41) is 9.42. The Hall–Kier alpha value is -1.66. The third kappa shape index (κ3) is 2.72. The van der Waals surface area contributed by atoms with Crippen molar-refractivity contribution in [2.45, 2.75) is 31.8 Å². The van der Waals surface area contributed by atoms with E-state index in [2.05, 4.69) is 6.07 Å². The van der Waals surface area contributed by atoms with Crippen LogP contribution in [0.2, 0.25) is 0 Å². The lowest BCUT2D eigenvalue weighted by atomic mass is 9.74. The highest BCUT2D eigenvalue weighted by Crippen LogP contribution is 2.30. The summed E-state index contributed by atoms with van der Waals surface area (Å²) in [6.07, 6.45) is 0.234. The maximum Gasteiger partial charge on any atom is 0.154 e. The zero-order valence-corrected chi connectivity index (χ0v) is 10.4. The van der Waals surface area contributed by atoms with Crippen molar-refractivity contribution in [3.8, 4) is 6.07 Å². The predicted molar refractivity (Wildman–Crippen MR) is 65.5 cm³/mol. The molecule has 0 bridgehead atoms. The molecule has 0 amide bonds. The highest BCUT2D eigenvalue weighted by molar-refractivity contribution is 5.91. The van der Waals surface area contributed by atoms with Gasteiger partial charge in [0.2, 0.25) is 0 Å². The van der Waals surface area contributed by atoms with E-state index in [4.69, 9.17) is 4.74 Å². The summed E-state index contributed by atoms with van der Waals surface area (Å²) in [4.78, 5) is 11.9. The molecule has 90 valence electrons. The first-order valence-electron chi connectivity index (χ1n) is 5.57. The summed E-state index contributed by atoms with van der Waals surface area (Å²) in [5.41, 5.74) is -0.365. The monoisotopic (exact) mass is 231 g/mol. The molecule has 0 heterocycles. The average Bonchev–Trinajstić information content (AvgIpc) is 2.36. The smallest absolute Gasteiger partial charge is 0.154 e. The molecule has 3 nitrogen and oxygen atoms in total. The van der Waals surface area contributed by atoms with E-state index in [9.17, 15) is 10.1 Å². The van der Waals surface area contributed by atoms with Gasteiger partial charge in [0.05, 0.1) is 12.2 Å². The van der Waals surface area contributed by atoms with Crippen molar-refractivity contribution >= 4 is 5.78 Å². The maximum absolute atomic E-state index is 11.9. The molecule has 0 saturated carbocycles. The molecular formula is C14H17NO2. The van der Waals surface area contributed by atoms with E-state index in [0.717, 1.165) is 5.56 Å². The third-order valence-corrected chi connectivity index (χ3v) is 3.05. The molecule has 3 heteroatoms. The van der Waals surface area contributed by atoms with Crippen LogP contribution in [0, 0.1) is 11.3 Å². The van der Waals surface area contributed by atoms with Gasteiger partial charge in [-0.25, -0.2) is 0 Å². The van der Waals surface area contributed by atoms with Crippen molar-refractivity contribution < 1.29 is 9.53 Å². The van der Waals surface area contributed by atoms with Crippen molar-refractivity contribution in [3.05, 3.63) is 35.9 Å². The van der Waals surface area contributed by atoms with Crippen LogP contribution in [-0.2, 0) is 14.9 Å². The molecule has 0 aliphatic rings. The Bertz CT molecular complexity index is 422. The Kier molecular flexibility index (Phi) is 4.42. The van der Waals surface area contributed by atoms with Gasteiger partial charge in [-0.05, 0) is 19.4 Å². The molecular weight excluding hydrogens is 214 g/mol. The number of nitriles is 1. The Morgan fingerprint density at radius 1 is 1.47 bits per heavy atom. The summed E-state index contributed by atoms with van der Waals surface area (Å²) in [6.45, 7) is 3.32. The number of Topliss-reactive ketones (excluding diaryl/α,β-unsaturated/α-hetero) is 1. The van der Waals surface area contributed by atoms with Crippen molar-refractivity contribution in [2.24, 2.45) is 0 Å². The van der Waals surface area contributed by atoms with Crippen LogP contribution >= 0.6 is 0 Å². The van der Waals surface area contributed by atoms with Gasteiger partial charge in [0.15, 0.2) is 5.78 Å². The quantitative estimate of drug-likeness (QED) is 0.782. The van der Waals surface area contributed by atoms with Crippen LogP contribution < -0.4 is 0 Å². The largest absolute Gasteiger partial charge is 0.382 e. The highest BCUT2D eigenvalue weighted by Gasteiger charge is 2.39. The minimum Gasteiger partial charge on any atom is -0.382 e. The van der Waals surface area contributed by atoms with Gasteiger partial charge in [-0.2, -0.15) is 5.26 Å². The predicted octanol–water partition coefficient (Wildman–Crippen LogP) is 2.46. The minimum atomic E-state index is -1.10. The lowest BCUT2D eigenvalue weighted by molar-refractivity contribution is -0.121. The molecule has 0 saturated heterocycles. The first kappa shape index (κ1) is 13.4. The van der Waals surface area contributed by atoms with Crippen molar-refractivity contribution in [1.82, 2.24) is 0 Å². The van der Waals surface area contributed by atoms with E-state index >= 15 is 0 Å². The van der Waals surface area contributed by atoms with Crippen molar-refractivity contribution in [3.63, 3.8) is 0 Å². The van der Waals surface area contributed by atoms with Crippen molar-refractivity contribution in [1.29, 1.82) is 5.26 Å². The fourth-order valence-corrected chi connectivity index (χ4v) is 1.89. The van der Waals surface area contributed by atoms with E-state index in [1.165, 1.54) is 6.92 Å². The van der Waals surface area contributed by atoms with Crippen LogP contribution in [0.15, 0.2) is 30.3 Å². The van der Waals surface area contributed by atoms with Gasteiger partial charge in [0, 0.05) is 13.5 Å².